The number of hydrogen-bond acceptors (Lipinski definition) is 5. The van der Waals surface area contributed by atoms with Crippen LogP contribution in [0.25, 0.3) is 11.3 Å². The lowest BCUT2D eigenvalue weighted by Crippen LogP contribution is -2.48. The Morgan fingerprint density at radius 3 is 2.88 bits per heavy atom. The summed E-state index contributed by atoms with van der Waals surface area (Å²) in [6, 6.07) is 8.81. The number of aromatic nitrogens is 1. The molecule has 1 saturated heterocycles. The van der Waals surface area contributed by atoms with Crippen molar-refractivity contribution in [1.29, 1.82) is 0 Å². The van der Waals surface area contributed by atoms with Crippen LogP contribution < -0.4 is 5.32 Å². The summed E-state index contributed by atoms with van der Waals surface area (Å²) in [6.07, 6.45) is -0.00548. The Balaban J connectivity index is 1.53. The third-order valence-corrected chi connectivity index (χ3v) is 4.46. The number of nitrogens with zero attached hydrogens (tertiary/aromatic N) is 2. The molecule has 1 N–H and O–H groups in total. The second kappa shape index (κ2) is 8.66. The topological polar surface area (TPSA) is 67.6 Å². The van der Waals surface area contributed by atoms with Gasteiger partial charge < -0.3 is 14.6 Å². The largest absolute Gasteiger partial charge is 0.374 e. The molecule has 1 atom stereocenters. The minimum absolute atomic E-state index is 0.00548. The predicted molar refractivity (Wildman–Crippen MR) is 100 cm³/mol. The quantitative estimate of drug-likeness (QED) is 0.837. The number of morpholine rings is 1. The van der Waals surface area contributed by atoms with E-state index in [4.69, 9.17) is 20.9 Å². The molecule has 0 bridgehead atoms. The van der Waals surface area contributed by atoms with Crippen molar-refractivity contribution >= 4 is 17.5 Å². The van der Waals surface area contributed by atoms with Crippen LogP contribution in [0.15, 0.2) is 34.9 Å². The van der Waals surface area contributed by atoms with E-state index in [2.05, 4.69) is 29.2 Å². The first kappa shape index (κ1) is 18.9. The van der Waals surface area contributed by atoms with E-state index in [1.165, 1.54) is 0 Å². The number of benzene rings is 1. The highest BCUT2D eigenvalue weighted by Crippen LogP contribution is 2.22. The van der Waals surface area contributed by atoms with Crippen LogP contribution in [0.3, 0.4) is 0 Å². The van der Waals surface area contributed by atoms with Crippen molar-refractivity contribution in [2.45, 2.75) is 20.0 Å². The van der Waals surface area contributed by atoms with E-state index in [1.54, 1.807) is 18.2 Å². The van der Waals surface area contributed by atoms with Crippen LogP contribution >= 0.6 is 11.6 Å². The molecule has 3 rings (SSSR count). The van der Waals surface area contributed by atoms with Gasteiger partial charge in [0.05, 0.1) is 12.7 Å². The van der Waals surface area contributed by atoms with Crippen LogP contribution in [-0.4, -0.2) is 54.9 Å². The molecule has 2 heterocycles. The Hall–Kier alpha value is -1.89. The van der Waals surface area contributed by atoms with Gasteiger partial charge in [0.1, 0.15) is 0 Å². The zero-order valence-electron chi connectivity index (χ0n) is 15.1. The molecule has 1 aliphatic heterocycles. The molecule has 6 nitrogen and oxygen atoms in total. The molecule has 1 aliphatic rings. The minimum atomic E-state index is -0.265. The average Bonchev–Trinajstić information content (AvgIpc) is 3.10. The molecule has 1 unspecified atom stereocenters. The minimum Gasteiger partial charge on any atom is -0.374 e. The molecule has 1 aromatic carbocycles. The van der Waals surface area contributed by atoms with Crippen LogP contribution in [0.1, 0.15) is 24.3 Å². The maximum absolute atomic E-state index is 12.3. The van der Waals surface area contributed by atoms with Crippen LogP contribution in [-0.2, 0) is 4.74 Å². The Morgan fingerprint density at radius 1 is 1.38 bits per heavy atom. The molecule has 140 valence electrons. The SMILES string of the molecule is CC(C)CN1CCOC(CNC(=O)c2cc(-c3ccc(Cl)cc3)on2)C1. The van der Waals surface area contributed by atoms with E-state index in [0.717, 1.165) is 25.2 Å². The summed E-state index contributed by atoms with van der Waals surface area (Å²) in [5.74, 6) is 0.882. The van der Waals surface area contributed by atoms with Crippen molar-refractivity contribution < 1.29 is 14.1 Å². The van der Waals surface area contributed by atoms with Gasteiger partial charge in [-0.05, 0) is 30.2 Å². The molecule has 0 saturated carbocycles. The van der Waals surface area contributed by atoms with Gasteiger partial charge in [0.2, 0.25) is 0 Å². The molecular weight excluding hydrogens is 354 g/mol. The summed E-state index contributed by atoms with van der Waals surface area (Å²) in [7, 11) is 0. The van der Waals surface area contributed by atoms with Gasteiger partial charge >= 0.3 is 0 Å². The van der Waals surface area contributed by atoms with Gasteiger partial charge in [0, 0.05) is 42.8 Å². The Morgan fingerprint density at radius 2 is 2.15 bits per heavy atom. The lowest BCUT2D eigenvalue weighted by atomic mass is 10.1. The fourth-order valence-corrected chi connectivity index (χ4v) is 3.14. The maximum atomic E-state index is 12.3. The van der Waals surface area contributed by atoms with Gasteiger partial charge in [-0.1, -0.05) is 30.6 Å². The lowest BCUT2D eigenvalue weighted by molar-refractivity contribution is -0.0296. The second-order valence-corrected chi connectivity index (χ2v) is 7.38. The maximum Gasteiger partial charge on any atom is 0.273 e. The second-order valence-electron chi connectivity index (χ2n) is 6.94. The third kappa shape index (κ3) is 5.06. The van der Waals surface area contributed by atoms with E-state index in [-0.39, 0.29) is 17.7 Å². The Labute approximate surface area is 158 Å². The number of amides is 1. The molecular formula is C19H24ClN3O3. The zero-order valence-corrected chi connectivity index (χ0v) is 15.8. The van der Waals surface area contributed by atoms with Crippen LogP contribution in [0.2, 0.25) is 5.02 Å². The van der Waals surface area contributed by atoms with Crippen molar-refractivity contribution in [3.05, 3.63) is 41.0 Å². The highest BCUT2D eigenvalue weighted by atomic mass is 35.5. The summed E-state index contributed by atoms with van der Waals surface area (Å²) in [5, 5.41) is 7.39. The standard InChI is InChI=1S/C19H24ClN3O3/c1-13(2)11-23-7-8-25-16(12-23)10-21-19(24)17-9-18(26-22-17)14-3-5-15(20)6-4-14/h3-6,9,13,16H,7-8,10-12H2,1-2H3,(H,21,24). The van der Waals surface area contributed by atoms with Gasteiger partial charge in [-0.3, -0.25) is 9.69 Å². The first-order valence-corrected chi connectivity index (χ1v) is 9.24. The molecule has 0 radical (unpaired) electrons. The van der Waals surface area contributed by atoms with E-state index >= 15 is 0 Å². The summed E-state index contributed by atoms with van der Waals surface area (Å²) < 4.78 is 11.0. The number of carbonyl (C=O) groups excluding carboxylic acids is 1. The summed E-state index contributed by atoms with van der Waals surface area (Å²) in [4.78, 5) is 14.7. The number of hydrogen-bond donors (Lipinski definition) is 1. The molecule has 0 spiro atoms. The van der Waals surface area contributed by atoms with Gasteiger partial charge in [0.25, 0.3) is 5.91 Å². The number of nitrogens with one attached hydrogen (secondary N) is 1. The molecule has 1 aromatic heterocycles. The van der Waals surface area contributed by atoms with E-state index in [9.17, 15) is 4.79 Å². The first-order valence-electron chi connectivity index (χ1n) is 8.86. The van der Waals surface area contributed by atoms with Crippen molar-refractivity contribution in [2.75, 3.05) is 32.8 Å². The molecule has 7 heteroatoms. The zero-order chi connectivity index (χ0) is 18.5. The van der Waals surface area contributed by atoms with Gasteiger partial charge in [-0.15, -0.1) is 0 Å². The summed E-state index contributed by atoms with van der Waals surface area (Å²) in [6.45, 7) is 8.36. The van der Waals surface area contributed by atoms with Gasteiger partial charge in [0.15, 0.2) is 11.5 Å². The lowest BCUT2D eigenvalue weighted by Gasteiger charge is -2.33. The van der Waals surface area contributed by atoms with Gasteiger partial charge in [-0.2, -0.15) is 0 Å². The van der Waals surface area contributed by atoms with E-state index < -0.39 is 0 Å². The van der Waals surface area contributed by atoms with Crippen LogP contribution in [0.5, 0.6) is 0 Å². The number of halogens is 1. The van der Waals surface area contributed by atoms with Crippen molar-refractivity contribution in [3.63, 3.8) is 0 Å². The fraction of sp³-hybridized carbons (Fsp3) is 0.474. The smallest absolute Gasteiger partial charge is 0.273 e. The number of rotatable bonds is 6. The number of carbonyl (C=O) groups is 1. The van der Waals surface area contributed by atoms with Crippen LogP contribution in [0.4, 0.5) is 0 Å². The fourth-order valence-electron chi connectivity index (χ4n) is 3.02. The molecule has 1 fully saturated rings. The Bertz CT molecular complexity index is 730. The number of ether oxygens (including phenoxy) is 1. The summed E-state index contributed by atoms with van der Waals surface area (Å²) in [5.41, 5.74) is 1.07. The van der Waals surface area contributed by atoms with Gasteiger partial charge in [-0.25, -0.2) is 0 Å². The van der Waals surface area contributed by atoms with Crippen molar-refractivity contribution in [1.82, 2.24) is 15.4 Å². The normalized spacial score (nSPS) is 18.2. The molecule has 1 amide bonds. The first-order chi connectivity index (χ1) is 12.5. The third-order valence-electron chi connectivity index (χ3n) is 4.21. The molecule has 26 heavy (non-hydrogen) atoms. The predicted octanol–water partition coefficient (Wildman–Crippen LogP) is 3.08. The average molecular weight is 378 g/mol. The van der Waals surface area contributed by atoms with Crippen LogP contribution in [0, 0.1) is 5.92 Å². The van der Waals surface area contributed by atoms with E-state index in [0.29, 0.717) is 29.9 Å². The highest BCUT2D eigenvalue weighted by molar-refractivity contribution is 6.30. The molecule has 0 aliphatic carbocycles. The summed E-state index contributed by atoms with van der Waals surface area (Å²) >= 11 is 5.88. The monoisotopic (exact) mass is 377 g/mol. The molecule has 2 aromatic rings. The van der Waals surface area contributed by atoms with Crippen molar-refractivity contribution in [3.8, 4) is 11.3 Å². The van der Waals surface area contributed by atoms with E-state index in [1.807, 2.05) is 12.1 Å². The highest BCUT2D eigenvalue weighted by Gasteiger charge is 2.22. The Kier molecular flexibility index (Phi) is 6.29. The van der Waals surface area contributed by atoms with Crippen molar-refractivity contribution in [2.24, 2.45) is 5.92 Å².